The lowest BCUT2D eigenvalue weighted by Crippen LogP contribution is -1.85. The topological polar surface area (TPSA) is 64.9 Å². The Balaban J connectivity index is 2.51. The van der Waals surface area contributed by atoms with Gasteiger partial charge in [-0.1, -0.05) is 6.92 Å². The Morgan fingerprint density at radius 2 is 2.07 bits per heavy atom. The number of oxazole rings is 1. The molecule has 0 amide bonds. The number of anilines is 1. The molecule has 0 radical (unpaired) electrons. The molecule has 2 N–H and O–H groups in total. The molecule has 0 aliphatic carbocycles. The summed E-state index contributed by atoms with van der Waals surface area (Å²) in [7, 11) is 0. The molecule has 0 aromatic carbocycles. The van der Waals surface area contributed by atoms with Gasteiger partial charge in [0.25, 0.3) is 6.01 Å². The van der Waals surface area contributed by atoms with Crippen LogP contribution in [0.4, 0.5) is 6.01 Å². The van der Waals surface area contributed by atoms with Crippen LogP contribution >= 0.6 is 0 Å². The molecule has 2 rings (SSSR count). The first-order valence-electron chi connectivity index (χ1n) is 4.47. The summed E-state index contributed by atoms with van der Waals surface area (Å²) in [5.74, 6) is 0.814. The highest BCUT2D eigenvalue weighted by atomic mass is 16.4. The Labute approximate surface area is 81.8 Å². The van der Waals surface area contributed by atoms with Crippen molar-refractivity contribution in [1.29, 1.82) is 0 Å². The maximum absolute atomic E-state index is 5.50. The lowest BCUT2D eigenvalue weighted by molar-refractivity contribution is 0.530. The average molecular weight is 189 g/mol. The van der Waals surface area contributed by atoms with Gasteiger partial charge in [0.15, 0.2) is 0 Å². The van der Waals surface area contributed by atoms with Gasteiger partial charge in [-0.2, -0.15) is 4.98 Å². The summed E-state index contributed by atoms with van der Waals surface area (Å²) < 4.78 is 5.26. The number of pyridine rings is 1. The fourth-order valence-corrected chi connectivity index (χ4v) is 1.34. The number of aromatic nitrogens is 2. The van der Waals surface area contributed by atoms with E-state index in [-0.39, 0.29) is 6.01 Å². The maximum Gasteiger partial charge on any atom is 0.292 e. The minimum absolute atomic E-state index is 0.216. The van der Waals surface area contributed by atoms with Crippen molar-refractivity contribution in [1.82, 2.24) is 9.97 Å². The molecule has 0 aliphatic rings. The zero-order valence-electron chi connectivity index (χ0n) is 7.90. The van der Waals surface area contributed by atoms with E-state index in [1.165, 1.54) is 0 Å². The largest absolute Gasteiger partial charge is 0.428 e. The molecule has 0 unspecified atom stereocenters. The summed E-state index contributed by atoms with van der Waals surface area (Å²) in [6.07, 6.45) is 4.22. The van der Waals surface area contributed by atoms with Gasteiger partial charge in [0.2, 0.25) is 0 Å². The van der Waals surface area contributed by atoms with Crippen LogP contribution in [-0.2, 0) is 6.42 Å². The van der Waals surface area contributed by atoms with Crippen molar-refractivity contribution in [3.05, 3.63) is 30.3 Å². The number of aryl methyl sites for hydroxylation is 1. The van der Waals surface area contributed by atoms with Crippen LogP contribution in [0, 0.1) is 0 Å². The molecule has 2 heterocycles. The molecular weight excluding hydrogens is 178 g/mol. The molecule has 0 aliphatic heterocycles. The number of nitrogen functional groups attached to an aromatic ring is 1. The van der Waals surface area contributed by atoms with Gasteiger partial charge in [-0.15, -0.1) is 0 Å². The molecule has 2 aromatic heterocycles. The standard InChI is InChI=1S/C10H11N3O/c1-2-8-9(13-10(11)14-8)7-3-5-12-6-4-7/h3-6H,2H2,1H3,(H2,11,13). The van der Waals surface area contributed by atoms with E-state index in [0.717, 1.165) is 23.4 Å². The van der Waals surface area contributed by atoms with E-state index < -0.39 is 0 Å². The van der Waals surface area contributed by atoms with Crippen molar-refractivity contribution in [2.24, 2.45) is 0 Å². The van der Waals surface area contributed by atoms with Crippen LogP contribution in [0.2, 0.25) is 0 Å². The first kappa shape index (κ1) is 8.74. The Morgan fingerprint density at radius 1 is 1.36 bits per heavy atom. The normalized spacial score (nSPS) is 10.4. The molecule has 72 valence electrons. The van der Waals surface area contributed by atoms with E-state index in [0.29, 0.717) is 0 Å². The highest BCUT2D eigenvalue weighted by Crippen LogP contribution is 2.24. The van der Waals surface area contributed by atoms with Crippen molar-refractivity contribution in [2.75, 3.05) is 5.73 Å². The molecular formula is C10H11N3O. The highest BCUT2D eigenvalue weighted by Gasteiger charge is 2.10. The van der Waals surface area contributed by atoms with E-state index in [4.69, 9.17) is 10.2 Å². The minimum atomic E-state index is 0.216. The minimum Gasteiger partial charge on any atom is -0.428 e. The predicted octanol–water partition coefficient (Wildman–Crippen LogP) is 1.88. The third-order valence-electron chi connectivity index (χ3n) is 1.99. The summed E-state index contributed by atoms with van der Waals surface area (Å²) in [5.41, 5.74) is 7.29. The fourth-order valence-electron chi connectivity index (χ4n) is 1.34. The second-order valence-corrected chi connectivity index (χ2v) is 2.91. The van der Waals surface area contributed by atoms with Crippen LogP contribution in [0.1, 0.15) is 12.7 Å². The van der Waals surface area contributed by atoms with Crippen molar-refractivity contribution >= 4 is 6.01 Å². The first-order valence-corrected chi connectivity index (χ1v) is 4.47. The van der Waals surface area contributed by atoms with Gasteiger partial charge >= 0.3 is 0 Å². The van der Waals surface area contributed by atoms with Crippen molar-refractivity contribution in [3.8, 4) is 11.3 Å². The molecule has 4 nitrogen and oxygen atoms in total. The molecule has 4 heteroatoms. The lowest BCUT2D eigenvalue weighted by Gasteiger charge is -1.96. The van der Waals surface area contributed by atoms with E-state index in [1.807, 2.05) is 19.1 Å². The van der Waals surface area contributed by atoms with E-state index >= 15 is 0 Å². The molecule has 14 heavy (non-hydrogen) atoms. The number of nitrogens with zero attached hydrogens (tertiary/aromatic N) is 2. The summed E-state index contributed by atoms with van der Waals surface area (Å²) in [6, 6.07) is 3.99. The molecule has 0 fully saturated rings. The molecule has 0 saturated carbocycles. The van der Waals surface area contributed by atoms with Crippen LogP contribution in [0.25, 0.3) is 11.3 Å². The third-order valence-corrected chi connectivity index (χ3v) is 1.99. The van der Waals surface area contributed by atoms with Crippen LogP contribution in [0.15, 0.2) is 28.9 Å². The van der Waals surface area contributed by atoms with E-state index in [9.17, 15) is 0 Å². The average Bonchev–Trinajstić information content (AvgIpc) is 2.61. The third kappa shape index (κ3) is 1.46. The summed E-state index contributed by atoms with van der Waals surface area (Å²) in [6.45, 7) is 2.00. The van der Waals surface area contributed by atoms with Gasteiger partial charge in [0, 0.05) is 24.4 Å². The second-order valence-electron chi connectivity index (χ2n) is 2.91. The van der Waals surface area contributed by atoms with E-state index in [1.54, 1.807) is 12.4 Å². The van der Waals surface area contributed by atoms with Crippen molar-refractivity contribution in [2.45, 2.75) is 13.3 Å². The lowest BCUT2D eigenvalue weighted by atomic mass is 10.1. The van der Waals surface area contributed by atoms with Gasteiger partial charge in [-0.05, 0) is 12.1 Å². The van der Waals surface area contributed by atoms with Crippen LogP contribution < -0.4 is 5.73 Å². The Kier molecular flexibility index (Phi) is 2.18. The summed E-state index contributed by atoms with van der Waals surface area (Å²) in [4.78, 5) is 8.08. The SMILES string of the molecule is CCc1oc(N)nc1-c1ccncc1. The van der Waals surface area contributed by atoms with Crippen molar-refractivity contribution in [3.63, 3.8) is 0 Å². The smallest absolute Gasteiger partial charge is 0.292 e. The molecule has 0 spiro atoms. The van der Waals surface area contributed by atoms with Crippen LogP contribution in [0.5, 0.6) is 0 Å². The Bertz CT molecular complexity index is 422. The van der Waals surface area contributed by atoms with Gasteiger partial charge in [0.05, 0.1) is 0 Å². The fraction of sp³-hybridized carbons (Fsp3) is 0.200. The molecule has 0 saturated heterocycles. The Morgan fingerprint density at radius 3 is 2.71 bits per heavy atom. The van der Waals surface area contributed by atoms with E-state index in [2.05, 4.69) is 9.97 Å². The number of hydrogen-bond donors (Lipinski definition) is 1. The molecule has 0 bridgehead atoms. The quantitative estimate of drug-likeness (QED) is 0.783. The zero-order chi connectivity index (χ0) is 9.97. The Hall–Kier alpha value is -1.84. The zero-order valence-corrected chi connectivity index (χ0v) is 7.90. The summed E-state index contributed by atoms with van der Waals surface area (Å²) in [5, 5.41) is 0. The number of hydrogen-bond acceptors (Lipinski definition) is 4. The van der Waals surface area contributed by atoms with Crippen molar-refractivity contribution < 1.29 is 4.42 Å². The summed E-state index contributed by atoms with van der Waals surface area (Å²) >= 11 is 0. The van der Waals surface area contributed by atoms with Gasteiger partial charge in [-0.3, -0.25) is 4.98 Å². The maximum atomic E-state index is 5.50. The predicted molar refractivity (Wildman–Crippen MR) is 53.5 cm³/mol. The van der Waals surface area contributed by atoms with Crippen LogP contribution in [0.3, 0.4) is 0 Å². The number of rotatable bonds is 2. The van der Waals surface area contributed by atoms with Gasteiger partial charge in [0.1, 0.15) is 11.5 Å². The first-order chi connectivity index (χ1) is 6.81. The van der Waals surface area contributed by atoms with Gasteiger partial charge in [-0.25, -0.2) is 0 Å². The van der Waals surface area contributed by atoms with Gasteiger partial charge < -0.3 is 10.2 Å². The second kappa shape index (κ2) is 3.49. The monoisotopic (exact) mass is 189 g/mol. The number of nitrogens with two attached hydrogens (primary N) is 1. The molecule has 0 atom stereocenters. The molecule has 2 aromatic rings. The van der Waals surface area contributed by atoms with Crippen LogP contribution in [-0.4, -0.2) is 9.97 Å². The highest BCUT2D eigenvalue weighted by molar-refractivity contribution is 5.61.